The lowest BCUT2D eigenvalue weighted by Crippen LogP contribution is -2.19. The molecule has 0 aliphatic carbocycles. The van der Waals surface area contributed by atoms with Gasteiger partial charge < -0.3 is 15.2 Å². The van der Waals surface area contributed by atoms with E-state index in [-0.39, 0.29) is 24.9 Å². The van der Waals surface area contributed by atoms with E-state index in [0.717, 1.165) is 28.6 Å². The number of ether oxygens (including phenoxy) is 1. The van der Waals surface area contributed by atoms with E-state index in [4.69, 9.17) is 9.84 Å². The molecular formula is C21H23F2N3O2. The van der Waals surface area contributed by atoms with Crippen LogP contribution in [0.3, 0.4) is 0 Å². The molecule has 0 saturated carbocycles. The van der Waals surface area contributed by atoms with Crippen molar-refractivity contribution in [1.82, 2.24) is 15.1 Å². The lowest BCUT2D eigenvalue weighted by atomic mass is 10.1. The smallest absolute Gasteiger partial charge is 0.151 e. The Hall–Kier alpha value is -2.77. The monoisotopic (exact) mass is 387 g/mol. The van der Waals surface area contributed by atoms with Gasteiger partial charge >= 0.3 is 0 Å². The molecule has 0 fully saturated rings. The lowest BCUT2D eigenvalue weighted by molar-refractivity contribution is 0.200. The largest absolute Gasteiger partial charge is 0.491 e. The quantitative estimate of drug-likeness (QED) is 0.619. The third-order valence-electron chi connectivity index (χ3n) is 4.57. The number of hydrogen-bond donors (Lipinski definition) is 2. The molecule has 0 bridgehead atoms. The number of aliphatic hydroxyl groups excluding tert-OH is 1. The van der Waals surface area contributed by atoms with Gasteiger partial charge in [-0.3, -0.25) is 0 Å². The molecule has 7 heteroatoms. The molecular weight excluding hydrogens is 364 g/mol. The van der Waals surface area contributed by atoms with Gasteiger partial charge in [-0.05, 0) is 32.0 Å². The second kappa shape index (κ2) is 8.95. The summed E-state index contributed by atoms with van der Waals surface area (Å²) >= 11 is 0. The minimum atomic E-state index is -0.659. The van der Waals surface area contributed by atoms with Crippen LogP contribution in [0.15, 0.2) is 48.7 Å². The van der Waals surface area contributed by atoms with Gasteiger partial charge in [-0.1, -0.05) is 18.2 Å². The molecule has 1 heterocycles. The van der Waals surface area contributed by atoms with Gasteiger partial charge in [-0.15, -0.1) is 0 Å². The predicted octanol–water partition coefficient (Wildman–Crippen LogP) is 3.68. The fourth-order valence-corrected chi connectivity index (χ4v) is 3.06. The molecule has 28 heavy (non-hydrogen) atoms. The summed E-state index contributed by atoms with van der Waals surface area (Å²) in [6.45, 7) is 4.59. The van der Waals surface area contributed by atoms with Crippen LogP contribution in [-0.4, -0.2) is 28.1 Å². The van der Waals surface area contributed by atoms with Crippen LogP contribution in [-0.2, 0) is 6.54 Å². The van der Waals surface area contributed by atoms with Crippen LogP contribution in [0.2, 0.25) is 0 Å². The number of hydrogen-bond acceptors (Lipinski definition) is 4. The third-order valence-corrected chi connectivity index (χ3v) is 4.57. The summed E-state index contributed by atoms with van der Waals surface area (Å²) < 4.78 is 34.3. The maximum atomic E-state index is 14.1. The van der Waals surface area contributed by atoms with Crippen molar-refractivity contribution in [2.24, 2.45) is 0 Å². The van der Waals surface area contributed by atoms with Crippen molar-refractivity contribution in [3.63, 3.8) is 0 Å². The summed E-state index contributed by atoms with van der Waals surface area (Å²) in [4.78, 5) is 0. The highest BCUT2D eigenvalue weighted by Gasteiger charge is 2.17. The number of aromatic nitrogens is 2. The van der Waals surface area contributed by atoms with Crippen molar-refractivity contribution in [3.8, 4) is 11.4 Å². The first-order valence-electron chi connectivity index (χ1n) is 9.06. The third kappa shape index (κ3) is 4.37. The van der Waals surface area contributed by atoms with E-state index in [2.05, 4.69) is 10.4 Å². The fraction of sp³-hybridized carbons (Fsp3) is 0.286. The SMILES string of the molecule is Cc1c([C@H](C)NCc2ccccc2OCCO)cnn1-c1ccc(F)cc1F. The van der Waals surface area contributed by atoms with E-state index >= 15 is 0 Å². The van der Waals surface area contributed by atoms with Gasteiger partial charge in [0.1, 0.15) is 23.9 Å². The van der Waals surface area contributed by atoms with Crippen molar-refractivity contribution < 1.29 is 18.6 Å². The van der Waals surface area contributed by atoms with E-state index in [0.29, 0.717) is 6.54 Å². The van der Waals surface area contributed by atoms with E-state index < -0.39 is 11.6 Å². The van der Waals surface area contributed by atoms with Gasteiger partial charge in [0, 0.05) is 35.5 Å². The highest BCUT2D eigenvalue weighted by molar-refractivity contribution is 5.37. The van der Waals surface area contributed by atoms with Gasteiger partial charge in [-0.25, -0.2) is 13.5 Å². The number of nitrogens with zero attached hydrogens (tertiary/aromatic N) is 2. The van der Waals surface area contributed by atoms with Gasteiger partial charge in [-0.2, -0.15) is 5.10 Å². The van der Waals surface area contributed by atoms with Crippen LogP contribution in [0.1, 0.15) is 29.8 Å². The zero-order chi connectivity index (χ0) is 20.1. The Bertz CT molecular complexity index is 943. The van der Waals surface area contributed by atoms with E-state index in [1.54, 1.807) is 6.20 Å². The molecule has 2 N–H and O–H groups in total. The first-order valence-corrected chi connectivity index (χ1v) is 9.06. The number of halogens is 2. The Morgan fingerprint density at radius 1 is 1.21 bits per heavy atom. The topological polar surface area (TPSA) is 59.3 Å². The molecule has 0 amide bonds. The highest BCUT2D eigenvalue weighted by Crippen LogP contribution is 2.24. The van der Waals surface area contributed by atoms with E-state index in [1.807, 2.05) is 38.1 Å². The summed E-state index contributed by atoms with van der Waals surface area (Å²) in [7, 11) is 0. The van der Waals surface area contributed by atoms with Crippen LogP contribution in [0.25, 0.3) is 5.69 Å². The maximum Gasteiger partial charge on any atom is 0.151 e. The second-order valence-electron chi connectivity index (χ2n) is 6.48. The summed E-state index contributed by atoms with van der Waals surface area (Å²) in [5.74, 6) is -0.561. The molecule has 2 aromatic carbocycles. The fourth-order valence-electron chi connectivity index (χ4n) is 3.06. The van der Waals surface area contributed by atoms with Crippen LogP contribution in [0.4, 0.5) is 8.78 Å². The summed E-state index contributed by atoms with van der Waals surface area (Å²) in [5.41, 5.74) is 2.87. The first-order chi connectivity index (χ1) is 13.5. The lowest BCUT2D eigenvalue weighted by Gasteiger charge is -2.16. The van der Waals surface area contributed by atoms with Gasteiger partial charge in [0.2, 0.25) is 0 Å². The molecule has 0 aliphatic rings. The maximum absolute atomic E-state index is 14.1. The molecule has 148 valence electrons. The molecule has 0 aliphatic heterocycles. The number of para-hydroxylation sites is 1. The van der Waals surface area contributed by atoms with Crippen LogP contribution >= 0.6 is 0 Å². The summed E-state index contributed by atoms with van der Waals surface area (Å²) in [6, 6.07) is 11.0. The van der Waals surface area contributed by atoms with Crippen molar-refractivity contribution in [2.75, 3.05) is 13.2 Å². The van der Waals surface area contributed by atoms with Crippen molar-refractivity contribution in [3.05, 3.63) is 77.1 Å². The summed E-state index contributed by atoms with van der Waals surface area (Å²) in [5, 5.41) is 16.6. The second-order valence-corrected chi connectivity index (χ2v) is 6.48. The van der Waals surface area contributed by atoms with Crippen molar-refractivity contribution in [2.45, 2.75) is 26.4 Å². The van der Waals surface area contributed by atoms with Gasteiger partial charge in [0.15, 0.2) is 5.82 Å². The molecule has 3 aromatic rings. The zero-order valence-corrected chi connectivity index (χ0v) is 15.8. The highest BCUT2D eigenvalue weighted by atomic mass is 19.1. The minimum absolute atomic E-state index is 0.0451. The van der Waals surface area contributed by atoms with Crippen molar-refractivity contribution in [1.29, 1.82) is 0 Å². The Morgan fingerprint density at radius 2 is 2.00 bits per heavy atom. The number of nitrogens with one attached hydrogen (secondary N) is 1. The van der Waals surface area contributed by atoms with Gasteiger partial charge in [0.05, 0.1) is 12.8 Å². The minimum Gasteiger partial charge on any atom is -0.491 e. The standard InChI is InChI=1S/C21H23F2N3O2/c1-14(24-12-16-5-3-4-6-21(16)28-10-9-27)18-13-25-26(15(18)2)20-8-7-17(22)11-19(20)23/h3-8,11,13-14,24,27H,9-10,12H2,1-2H3/t14-/m0/s1. The first kappa shape index (κ1) is 20.0. The molecule has 0 unspecified atom stereocenters. The number of aliphatic hydroxyl groups is 1. The normalized spacial score (nSPS) is 12.2. The Labute approximate surface area is 162 Å². The van der Waals surface area contributed by atoms with E-state index in [1.165, 1.54) is 16.8 Å². The number of rotatable bonds is 8. The van der Waals surface area contributed by atoms with Crippen LogP contribution in [0.5, 0.6) is 5.75 Å². The molecule has 1 atom stereocenters. The Balaban J connectivity index is 1.74. The Morgan fingerprint density at radius 3 is 2.75 bits per heavy atom. The molecule has 0 spiro atoms. The average molecular weight is 387 g/mol. The Kier molecular flexibility index (Phi) is 6.38. The zero-order valence-electron chi connectivity index (χ0n) is 15.8. The predicted molar refractivity (Wildman–Crippen MR) is 102 cm³/mol. The number of benzene rings is 2. The van der Waals surface area contributed by atoms with Crippen molar-refractivity contribution >= 4 is 0 Å². The molecule has 0 saturated heterocycles. The average Bonchev–Trinajstić information content (AvgIpc) is 3.06. The van der Waals surface area contributed by atoms with Crippen LogP contribution < -0.4 is 10.1 Å². The van der Waals surface area contributed by atoms with E-state index in [9.17, 15) is 8.78 Å². The molecule has 1 aromatic heterocycles. The molecule has 0 radical (unpaired) electrons. The molecule has 3 rings (SSSR count). The van der Waals surface area contributed by atoms with Gasteiger partial charge in [0.25, 0.3) is 0 Å². The summed E-state index contributed by atoms with van der Waals surface area (Å²) in [6.07, 6.45) is 1.68. The van der Waals surface area contributed by atoms with Crippen LogP contribution in [0, 0.1) is 18.6 Å². The molecule has 5 nitrogen and oxygen atoms in total.